The molecule has 1 heteroatoms. The van der Waals surface area contributed by atoms with Crippen molar-refractivity contribution in [2.45, 2.75) is 58.0 Å². The predicted octanol–water partition coefficient (Wildman–Crippen LogP) is 3.28. The molecule has 0 radical (unpaired) electrons. The molecule has 1 aliphatic rings. The molecule has 13 heavy (non-hydrogen) atoms. The Labute approximate surface area is 81.9 Å². The van der Waals surface area contributed by atoms with Gasteiger partial charge in [-0.1, -0.05) is 12.2 Å². The highest BCUT2D eigenvalue weighted by molar-refractivity contribution is 4.96. The summed E-state index contributed by atoms with van der Waals surface area (Å²) in [5.74, 6) is 0.487. The number of allylic oxidation sites excluding steroid dienone is 1. The summed E-state index contributed by atoms with van der Waals surface area (Å²) in [7, 11) is 0. The minimum absolute atomic E-state index is 0.487. The Morgan fingerprint density at radius 1 is 1.23 bits per heavy atom. The van der Waals surface area contributed by atoms with Gasteiger partial charge in [-0.3, -0.25) is 0 Å². The lowest BCUT2D eigenvalue weighted by Crippen LogP contribution is -2.31. The second-order valence-electron chi connectivity index (χ2n) is 4.89. The maximum atomic E-state index is 9.90. The molecule has 0 unspecified atom stereocenters. The van der Waals surface area contributed by atoms with E-state index in [4.69, 9.17) is 0 Å². The minimum atomic E-state index is -0.487. The van der Waals surface area contributed by atoms with Crippen LogP contribution < -0.4 is 0 Å². The third-order valence-corrected chi connectivity index (χ3v) is 3.16. The Balaban J connectivity index is 2.46. The average Bonchev–Trinajstić information content (AvgIpc) is 1.93. The Kier molecular flexibility index (Phi) is 3.55. The highest BCUT2D eigenvalue weighted by atomic mass is 16.3. The van der Waals surface area contributed by atoms with E-state index in [1.807, 2.05) is 13.8 Å². The van der Waals surface area contributed by atoms with Crippen molar-refractivity contribution in [2.75, 3.05) is 0 Å². The summed E-state index contributed by atoms with van der Waals surface area (Å²) in [5.41, 5.74) is 0.910. The van der Waals surface area contributed by atoms with E-state index in [2.05, 4.69) is 6.58 Å². The van der Waals surface area contributed by atoms with E-state index in [0.29, 0.717) is 5.92 Å². The van der Waals surface area contributed by atoms with Crippen molar-refractivity contribution >= 4 is 0 Å². The third kappa shape index (κ3) is 3.51. The molecule has 0 atom stereocenters. The zero-order valence-corrected chi connectivity index (χ0v) is 8.97. The van der Waals surface area contributed by atoms with Crippen molar-refractivity contribution < 1.29 is 5.11 Å². The van der Waals surface area contributed by atoms with Gasteiger partial charge >= 0.3 is 0 Å². The van der Waals surface area contributed by atoms with Gasteiger partial charge < -0.3 is 5.11 Å². The second-order valence-corrected chi connectivity index (χ2v) is 4.89. The fourth-order valence-corrected chi connectivity index (χ4v) is 2.17. The van der Waals surface area contributed by atoms with Gasteiger partial charge in [-0.25, -0.2) is 0 Å². The number of aliphatic hydroxyl groups is 1. The molecule has 0 aromatic heterocycles. The molecule has 1 fully saturated rings. The number of hydrogen-bond donors (Lipinski definition) is 1. The highest BCUT2D eigenvalue weighted by Gasteiger charge is 2.26. The lowest BCUT2D eigenvalue weighted by Gasteiger charge is -2.31. The van der Waals surface area contributed by atoms with Crippen LogP contribution in [-0.2, 0) is 0 Å². The molecule has 0 aromatic rings. The quantitative estimate of drug-likeness (QED) is 0.617. The fraction of sp³-hybridized carbons (Fsp3) is 0.833. The first-order chi connectivity index (χ1) is 6.00. The highest BCUT2D eigenvalue weighted by Crippen LogP contribution is 2.31. The van der Waals surface area contributed by atoms with Crippen LogP contribution >= 0.6 is 0 Å². The van der Waals surface area contributed by atoms with E-state index in [1.165, 1.54) is 18.4 Å². The largest absolute Gasteiger partial charge is 0.390 e. The van der Waals surface area contributed by atoms with Gasteiger partial charge in [-0.15, -0.1) is 0 Å². The van der Waals surface area contributed by atoms with Crippen molar-refractivity contribution in [2.24, 2.45) is 5.92 Å². The first kappa shape index (κ1) is 10.8. The maximum Gasteiger partial charge on any atom is 0.0619 e. The first-order valence-electron chi connectivity index (χ1n) is 5.39. The van der Waals surface area contributed by atoms with Gasteiger partial charge in [0.2, 0.25) is 0 Å². The van der Waals surface area contributed by atoms with Crippen LogP contribution in [-0.4, -0.2) is 10.7 Å². The van der Waals surface area contributed by atoms with Crippen molar-refractivity contribution in [1.82, 2.24) is 0 Å². The molecule has 0 bridgehead atoms. The number of hydrogen-bond acceptors (Lipinski definition) is 1. The molecule has 1 aliphatic carbocycles. The van der Waals surface area contributed by atoms with Crippen molar-refractivity contribution in [3.05, 3.63) is 12.2 Å². The molecule has 0 aromatic carbocycles. The van der Waals surface area contributed by atoms with Crippen molar-refractivity contribution in [3.8, 4) is 0 Å². The van der Waals surface area contributed by atoms with Gasteiger partial charge in [0.1, 0.15) is 0 Å². The molecular formula is C12H22O. The van der Waals surface area contributed by atoms with Gasteiger partial charge in [-0.2, -0.15) is 0 Å². The molecule has 1 rings (SSSR count). The van der Waals surface area contributed by atoms with Crippen LogP contribution in [0, 0.1) is 5.92 Å². The van der Waals surface area contributed by atoms with Gasteiger partial charge in [0.25, 0.3) is 0 Å². The van der Waals surface area contributed by atoms with Crippen LogP contribution in [0.2, 0.25) is 0 Å². The molecule has 1 saturated carbocycles. The summed E-state index contributed by atoms with van der Waals surface area (Å²) in [5, 5.41) is 9.90. The summed E-state index contributed by atoms with van der Waals surface area (Å²) in [6.07, 6.45) is 7.03. The van der Waals surface area contributed by atoms with Crippen LogP contribution in [0.5, 0.6) is 0 Å². The average molecular weight is 182 g/mol. The van der Waals surface area contributed by atoms with Crippen LogP contribution in [0.4, 0.5) is 0 Å². The van der Waals surface area contributed by atoms with Crippen molar-refractivity contribution in [1.29, 1.82) is 0 Å². The zero-order valence-electron chi connectivity index (χ0n) is 8.97. The zero-order chi connectivity index (χ0) is 9.90. The molecule has 1 N–H and O–H groups in total. The van der Waals surface area contributed by atoms with Crippen LogP contribution in [0.1, 0.15) is 52.4 Å². The van der Waals surface area contributed by atoms with Crippen LogP contribution in [0.15, 0.2) is 12.2 Å². The summed E-state index contributed by atoms with van der Waals surface area (Å²) >= 11 is 0. The monoisotopic (exact) mass is 182 g/mol. The Morgan fingerprint density at radius 3 is 2.08 bits per heavy atom. The number of rotatable bonds is 1. The maximum absolute atomic E-state index is 9.90. The summed E-state index contributed by atoms with van der Waals surface area (Å²) < 4.78 is 0. The summed E-state index contributed by atoms with van der Waals surface area (Å²) in [6, 6.07) is 0. The van der Waals surface area contributed by atoms with Gasteiger partial charge in [0, 0.05) is 0 Å². The molecule has 1 nitrogen and oxygen atoms in total. The molecule has 0 heterocycles. The van der Waals surface area contributed by atoms with Crippen LogP contribution in [0.25, 0.3) is 0 Å². The molecule has 0 spiro atoms. The Morgan fingerprint density at radius 2 is 1.69 bits per heavy atom. The van der Waals surface area contributed by atoms with Crippen LogP contribution in [0.3, 0.4) is 0 Å². The molecule has 76 valence electrons. The van der Waals surface area contributed by atoms with Crippen molar-refractivity contribution in [3.63, 3.8) is 0 Å². The summed E-state index contributed by atoms with van der Waals surface area (Å²) in [6.45, 7) is 7.92. The van der Waals surface area contributed by atoms with E-state index in [-0.39, 0.29) is 0 Å². The molecule has 0 aliphatic heterocycles. The SMILES string of the molecule is C=C1CCCC(C(C)(C)O)CCC1. The predicted molar refractivity (Wildman–Crippen MR) is 56.6 cm³/mol. The van der Waals surface area contributed by atoms with E-state index >= 15 is 0 Å². The first-order valence-corrected chi connectivity index (χ1v) is 5.39. The topological polar surface area (TPSA) is 20.2 Å². The van der Waals surface area contributed by atoms with Gasteiger partial charge in [0.15, 0.2) is 0 Å². The van der Waals surface area contributed by atoms with E-state index in [0.717, 1.165) is 25.7 Å². The second kappa shape index (κ2) is 4.28. The van der Waals surface area contributed by atoms with Gasteiger partial charge in [-0.05, 0) is 58.3 Å². The van der Waals surface area contributed by atoms with E-state index in [1.54, 1.807) is 0 Å². The molecule has 0 amide bonds. The van der Waals surface area contributed by atoms with Gasteiger partial charge in [0.05, 0.1) is 5.60 Å². The lowest BCUT2D eigenvalue weighted by molar-refractivity contribution is 0.00671. The molecule has 0 saturated heterocycles. The lowest BCUT2D eigenvalue weighted by atomic mass is 9.80. The Hall–Kier alpha value is -0.300. The standard InChI is InChI=1S/C12H22O/c1-10-6-4-8-11(9-5-7-10)12(2,3)13/h11,13H,1,4-9H2,2-3H3. The summed E-state index contributed by atoms with van der Waals surface area (Å²) in [4.78, 5) is 0. The molecular weight excluding hydrogens is 160 g/mol. The Bertz CT molecular complexity index is 164. The minimum Gasteiger partial charge on any atom is -0.390 e. The third-order valence-electron chi connectivity index (χ3n) is 3.16. The smallest absolute Gasteiger partial charge is 0.0619 e. The fourth-order valence-electron chi connectivity index (χ4n) is 2.17. The normalized spacial score (nSPS) is 22.5. The van der Waals surface area contributed by atoms with E-state index in [9.17, 15) is 5.11 Å². The van der Waals surface area contributed by atoms with E-state index < -0.39 is 5.60 Å².